The smallest absolute Gasteiger partial charge is 0.338 e. The number of hydrogen-bond acceptors (Lipinski definition) is 6. The van der Waals surface area contributed by atoms with Crippen LogP contribution in [0.3, 0.4) is 0 Å². The molecule has 240 valence electrons. The van der Waals surface area contributed by atoms with Crippen molar-refractivity contribution in [1.82, 2.24) is 0 Å². The van der Waals surface area contributed by atoms with Crippen LogP contribution >= 0.6 is 31.9 Å². The number of ether oxygens (including phenoxy) is 2. The Kier molecular flexibility index (Phi) is 15.5. The van der Waals surface area contributed by atoms with Crippen LogP contribution in [0.15, 0.2) is 155 Å². The molecule has 0 spiro atoms. The van der Waals surface area contributed by atoms with Crippen molar-refractivity contribution in [3.05, 3.63) is 177 Å². The van der Waals surface area contributed by atoms with Crippen molar-refractivity contribution in [3.63, 3.8) is 0 Å². The third-order valence-corrected chi connectivity index (χ3v) is 7.83. The number of nitrogens with zero attached hydrogens (tertiary/aromatic N) is 2. The van der Waals surface area contributed by atoms with E-state index in [-0.39, 0.29) is 13.2 Å². The fraction of sp³-hybridized carbons (Fsp3) is 0.100. The Labute approximate surface area is 298 Å². The predicted octanol–water partition coefficient (Wildman–Crippen LogP) is 10.0. The topological polar surface area (TPSA) is 100 Å². The highest BCUT2D eigenvalue weighted by atomic mass is 79.9. The van der Waals surface area contributed by atoms with E-state index in [1.807, 2.05) is 72.8 Å². The van der Waals surface area contributed by atoms with Gasteiger partial charge < -0.3 is 9.47 Å². The van der Waals surface area contributed by atoms with Crippen LogP contribution in [0, 0.1) is 34.5 Å². The summed E-state index contributed by atoms with van der Waals surface area (Å²) >= 11 is 6.63. The minimum atomic E-state index is -0.567. The number of carbonyl (C=O) groups excluding carboxylic acids is 2. The molecule has 0 aliphatic carbocycles. The Bertz CT molecular complexity index is 1680. The number of rotatable bonds is 12. The lowest BCUT2D eigenvalue weighted by molar-refractivity contribution is 0.0475. The van der Waals surface area contributed by atoms with Gasteiger partial charge in [0.1, 0.15) is 25.0 Å². The van der Waals surface area contributed by atoms with E-state index in [9.17, 15) is 20.1 Å². The summed E-state index contributed by atoms with van der Waals surface area (Å²) in [6.45, 7) is 7.48. The number of halogens is 2. The van der Waals surface area contributed by atoms with Crippen molar-refractivity contribution in [2.45, 2.75) is 0 Å². The molecule has 48 heavy (non-hydrogen) atoms. The van der Waals surface area contributed by atoms with Crippen molar-refractivity contribution >= 4 is 56.0 Å². The summed E-state index contributed by atoms with van der Waals surface area (Å²) in [5.41, 5.74) is 4.25. The van der Waals surface area contributed by atoms with E-state index in [2.05, 4.69) is 57.2 Å². The van der Waals surface area contributed by atoms with Gasteiger partial charge in [0.25, 0.3) is 0 Å². The molecule has 0 N–H and O–H groups in total. The van der Waals surface area contributed by atoms with Gasteiger partial charge in [0, 0.05) is 8.95 Å². The van der Waals surface area contributed by atoms with Crippen LogP contribution < -0.4 is 0 Å². The molecule has 4 aromatic rings. The molecule has 0 amide bonds. The lowest BCUT2D eigenvalue weighted by Crippen LogP contribution is -2.14. The summed E-state index contributed by atoms with van der Waals surface area (Å²) < 4.78 is 12.3. The molecular formula is C40H32Br2N2O4. The second-order valence-corrected chi connectivity index (χ2v) is 11.9. The second-order valence-electron chi connectivity index (χ2n) is 10.1. The molecule has 0 saturated carbocycles. The van der Waals surface area contributed by atoms with Gasteiger partial charge in [-0.15, -0.1) is 0 Å². The van der Waals surface area contributed by atoms with Gasteiger partial charge in [-0.05, 0) is 70.8 Å². The molecule has 0 aromatic heterocycles. The maximum atomic E-state index is 12.1. The van der Waals surface area contributed by atoms with Gasteiger partial charge in [-0.1, -0.05) is 130 Å². The molecule has 0 aliphatic rings. The molecule has 0 bridgehead atoms. The summed E-state index contributed by atoms with van der Waals surface area (Å²) in [6.07, 6.45) is 6.98. The van der Waals surface area contributed by atoms with E-state index in [1.165, 1.54) is 0 Å². The summed E-state index contributed by atoms with van der Waals surface area (Å²) in [5, 5.41) is 18.8. The molecule has 6 nitrogen and oxygen atoms in total. The lowest BCUT2D eigenvalue weighted by atomic mass is 9.99. The third kappa shape index (κ3) is 12.1. The van der Waals surface area contributed by atoms with Gasteiger partial charge in [-0.2, -0.15) is 10.5 Å². The molecule has 0 saturated heterocycles. The minimum absolute atomic E-state index is 0.0178. The van der Waals surface area contributed by atoms with Crippen molar-refractivity contribution in [2.24, 2.45) is 11.8 Å². The van der Waals surface area contributed by atoms with Crippen LogP contribution in [0.1, 0.15) is 31.8 Å². The first kappa shape index (κ1) is 37.2. The Balaban J connectivity index is 0.000000260. The highest BCUT2D eigenvalue weighted by molar-refractivity contribution is 9.10. The SMILES string of the molecule is C=C/C(=C\c1ccccc1)[C@@H](C#N)COC(=O)c1ccc(Br)cc1.C=C/C(=C\c1ccccc1)[C@@H](C#N)COC(=O)c1ccc(Br)cc1. The first-order valence-corrected chi connectivity index (χ1v) is 16.3. The first-order chi connectivity index (χ1) is 23.3. The van der Waals surface area contributed by atoms with Gasteiger partial charge in [0.2, 0.25) is 0 Å². The molecule has 0 aliphatic heterocycles. The van der Waals surface area contributed by atoms with E-state index in [1.54, 1.807) is 60.7 Å². The number of benzene rings is 4. The number of esters is 2. The zero-order valence-corrected chi connectivity index (χ0v) is 29.1. The summed E-state index contributed by atoms with van der Waals surface area (Å²) in [7, 11) is 0. The van der Waals surface area contributed by atoms with Crippen LogP contribution in [0.4, 0.5) is 0 Å². The largest absolute Gasteiger partial charge is 0.460 e. The van der Waals surface area contributed by atoms with Gasteiger partial charge in [0.05, 0.1) is 23.3 Å². The van der Waals surface area contributed by atoms with E-state index < -0.39 is 23.8 Å². The highest BCUT2D eigenvalue weighted by Gasteiger charge is 2.17. The third-order valence-electron chi connectivity index (χ3n) is 6.78. The van der Waals surface area contributed by atoms with E-state index in [0.717, 1.165) is 20.1 Å². The van der Waals surface area contributed by atoms with Crippen LogP contribution in [0.25, 0.3) is 12.2 Å². The fourth-order valence-electron chi connectivity index (χ4n) is 4.16. The van der Waals surface area contributed by atoms with Crippen LogP contribution in [0.2, 0.25) is 0 Å². The molecule has 8 heteroatoms. The Morgan fingerprint density at radius 3 is 1.23 bits per heavy atom. The number of nitriles is 2. The predicted molar refractivity (Wildman–Crippen MR) is 196 cm³/mol. The quantitative estimate of drug-likeness (QED) is 0.105. The zero-order valence-electron chi connectivity index (χ0n) is 26.0. The Morgan fingerprint density at radius 2 is 0.938 bits per heavy atom. The number of hydrogen-bond donors (Lipinski definition) is 0. The van der Waals surface area contributed by atoms with Crippen molar-refractivity contribution < 1.29 is 19.1 Å². The molecule has 0 radical (unpaired) electrons. The second kappa shape index (κ2) is 20.1. The number of allylic oxidation sites excluding steroid dienone is 2. The minimum Gasteiger partial charge on any atom is -0.460 e. The van der Waals surface area contributed by atoms with E-state index in [4.69, 9.17) is 9.47 Å². The van der Waals surface area contributed by atoms with E-state index >= 15 is 0 Å². The molecule has 0 fully saturated rings. The van der Waals surface area contributed by atoms with Gasteiger partial charge in [-0.3, -0.25) is 0 Å². The maximum absolute atomic E-state index is 12.1. The van der Waals surface area contributed by atoms with Crippen molar-refractivity contribution in [2.75, 3.05) is 13.2 Å². The maximum Gasteiger partial charge on any atom is 0.338 e. The van der Waals surface area contributed by atoms with Crippen LogP contribution in [-0.2, 0) is 9.47 Å². The average Bonchev–Trinajstić information content (AvgIpc) is 3.12. The molecule has 4 rings (SSSR count). The Morgan fingerprint density at radius 1 is 0.604 bits per heavy atom. The zero-order chi connectivity index (χ0) is 34.7. The fourth-order valence-corrected chi connectivity index (χ4v) is 4.69. The molecule has 2 atom stereocenters. The van der Waals surface area contributed by atoms with Crippen LogP contribution in [-0.4, -0.2) is 25.2 Å². The number of carbonyl (C=O) groups is 2. The molecular weight excluding hydrogens is 732 g/mol. The van der Waals surface area contributed by atoms with Crippen molar-refractivity contribution in [3.8, 4) is 12.1 Å². The van der Waals surface area contributed by atoms with Gasteiger partial charge in [0.15, 0.2) is 0 Å². The summed E-state index contributed by atoms with van der Waals surface area (Å²) in [6, 6.07) is 37.3. The Hall–Kier alpha value is -5.28. The van der Waals surface area contributed by atoms with Gasteiger partial charge >= 0.3 is 11.9 Å². The van der Waals surface area contributed by atoms with Crippen LogP contribution in [0.5, 0.6) is 0 Å². The summed E-state index contributed by atoms with van der Waals surface area (Å²) in [5.74, 6) is -2.04. The summed E-state index contributed by atoms with van der Waals surface area (Å²) in [4.78, 5) is 24.1. The molecule has 0 unspecified atom stereocenters. The standard InChI is InChI=1S/2C20H16BrNO2/c2*1-2-16(12-15-6-4-3-5-7-15)18(13-22)14-24-20(23)17-8-10-19(21)11-9-17/h2*2-12,18H,1,14H2/b2*16-12+/t2*18-/m00/s1. The van der Waals surface area contributed by atoms with Gasteiger partial charge in [-0.25, -0.2) is 9.59 Å². The first-order valence-electron chi connectivity index (χ1n) is 14.7. The molecule has 0 heterocycles. The van der Waals surface area contributed by atoms with Crippen molar-refractivity contribution in [1.29, 1.82) is 10.5 Å². The average molecular weight is 765 g/mol. The molecule has 4 aromatic carbocycles. The highest BCUT2D eigenvalue weighted by Crippen LogP contribution is 2.20. The van der Waals surface area contributed by atoms with E-state index in [0.29, 0.717) is 22.3 Å². The lowest BCUT2D eigenvalue weighted by Gasteiger charge is -2.12. The monoisotopic (exact) mass is 762 g/mol. The normalized spacial score (nSPS) is 12.1.